The highest BCUT2D eigenvalue weighted by atomic mass is 32.2. The molecule has 0 aliphatic heterocycles. The molecule has 0 atom stereocenters. The summed E-state index contributed by atoms with van der Waals surface area (Å²) in [4.78, 5) is 12.1. The Bertz CT molecular complexity index is 574. The van der Waals surface area contributed by atoms with E-state index < -0.39 is 0 Å². The molecule has 4 nitrogen and oxygen atoms in total. The number of nitrogens with zero attached hydrogens (tertiary/aromatic N) is 2. The first-order valence-electron chi connectivity index (χ1n) is 5.68. The van der Waals surface area contributed by atoms with E-state index in [1.54, 1.807) is 18.2 Å². The van der Waals surface area contributed by atoms with Gasteiger partial charge in [0.15, 0.2) is 0 Å². The molecule has 2 rings (SSSR count). The highest BCUT2D eigenvalue weighted by Gasteiger charge is 2.09. The van der Waals surface area contributed by atoms with Gasteiger partial charge in [-0.25, -0.2) is 4.39 Å². The maximum Gasteiger partial charge on any atom is 0.236 e. The Morgan fingerprint density at radius 1 is 1.42 bits per heavy atom. The van der Waals surface area contributed by atoms with Gasteiger partial charge in [-0.2, -0.15) is 0 Å². The van der Waals surface area contributed by atoms with E-state index in [9.17, 15) is 9.18 Å². The number of nitrogens with one attached hydrogen (secondary N) is 1. The van der Waals surface area contributed by atoms with E-state index in [0.717, 1.165) is 23.2 Å². The summed E-state index contributed by atoms with van der Waals surface area (Å²) >= 11 is 2.50. The lowest BCUT2D eigenvalue weighted by atomic mass is 10.3. The molecule has 0 saturated carbocycles. The van der Waals surface area contributed by atoms with Gasteiger partial charge in [0.05, 0.1) is 5.75 Å². The Balaban J connectivity index is 1.86. The first-order valence-corrected chi connectivity index (χ1v) is 7.49. The first kappa shape index (κ1) is 14.0. The zero-order valence-electron chi connectivity index (χ0n) is 10.2. The van der Waals surface area contributed by atoms with Crippen LogP contribution in [-0.2, 0) is 11.2 Å². The topological polar surface area (TPSA) is 54.9 Å². The predicted molar refractivity (Wildman–Crippen MR) is 75.0 cm³/mol. The number of carbonyl (C=O) groups is 1. The van der Waals surface area contributed by atoms with E-state index in [-0.39, 0.29) is 17.5 Å². The van der Waals surface area contributed by atoms with Gasteiger partial charge in [0.25, 0.3) is 0 Å². The van der Waals surface area contributed by atoms with Gasteiger partial charge in [0.1, 0.15) is 10.8 Å². The molecule has 0 aliphatic carbocycles. The Morgan fingerprint density at radius 2 is 2.21 bits per heavy atom. The standard InChI is InChI=1S/C12H12FN3OS2/c1-2-11-15-16-12(19-11)14-10(17)7-18-9-6-4-3-5-8(9)13/h3-6H,2,7H2,1H3,(H,14,16,17). The number of benzene rings is 1. The van der Waals surface area contributed by atoms with Crippen LogP contribution in [-0.4, -0.2) is 21.9 Å². The van der Waals surface area contributed by atoms with Crippen molar-refractivity contribution >= 4 is 34.1 Å². The normalized spacial score (nSPS) is 10.4. The summed E-state index contributed by atoms with van der Waals surface area (Å²) in [6.07, 6.45) is 0.789. The molecule has 100 valence electrons. The molecule has 0 unspecified atom stereocenters. The minimum absolute atomic E-state index is 0.141. The first-order chi connectivity index (χ1) is 9.19. The number of carbonyl (C=O) groups excluding carboxylic acids is 1. The fraction of sp³-hybridized carbons (Fsp3) is 0.250. The fourth-order valence-electron chi connectivity index (χ4n) is 1.31. The third-order valence-corrected chi connectivity index (χ3v) is 4.24. The summed E-state index contributed by atoms with van der Waals surface area (Å²) in [5.74, 6) is -0.390. The maximum atomic E-state index is 13.3. The molecule has 19 heavy (non-hydrogen) atoms. The number of aryl methyl sites for hydroxylation is 1. The van der Waals surface area contributed by atoms with E-state index in [4.69, 9.17) is 0 Å². The molecule has 0 spiro atoms. The van der Waals surface area contributed by atoms with Gasteiger partial charge in [0, 0.05) is 4.90 Å². The zero-order valence-corrected chi connectivity index (χ0v) is 11.9. The summed E-state index contributed by atoms with van der Waals surface area (Å²) in [6, 6.07) is 6.38. The van der Waals surface area contributed by atoms with Crippen LogP contribution in [0.4, 0.5) is 9.52 Å². The average molecular weight is 297 g/mol. The van der Waals surface area contributed by atoms with Crippen LogP contribution in [0.15, 0.2) is 29.2 Å². The minimum atomic E-state index is -0.315. The van der Waals surface area contributed by atoms with Crippen molar-refractivity contribution in [2.75, 3.05) is 11.1 Å². The number of anilines is 1. The minimum Gasteiger partial charge on any atom is -0.300 e. The van der Waals surface area contributed by atoms with Crippen molar-refractivity contribution < 1.29 is 9.18 Å². The maximum absolute atomic E-state index is 13.3. The molecule has 7 heteroatoms. The second kappa shape index (κ2) is 6.63. The average Bonchev–Trinajstić information content (AvgIpc) is 2.85. The third kappa shape index (κ3) is 4.00. The molecule has 1 heterocycles. The van der Waals surface area contributed by atoms with Gasteiger partial charge < -0.3 is 0 Å². The second-order valence-electron chi connectivity index (χ2n) is 3.62. The van der Waals surface area contributed by atoms with Crippen LogP contribution in [0, 0.1) is 5.82 Å². The number of hydrogen-bond acceptors (Lipinski definition) is 5. The summed E-state index contributed by atoms with van der Waals surface area (Å²) < 4.78 is 13.3. The van der Waals surface area contributed by atoms with Gasteiger partial charge in [0.2, 0.25) is 11.0 Å². The van der Waals surface area contributed by atoms with Crippen molar-refractivity contribution in [2.24, 2.45) is 0 Å². The van der Waals surface area contributed by atoms with E-state index >= 15 is 0 Å². The fourth-order valence-corrected chi connectivity index (χ4v) is 2.74. The van der Waals surface area contributed by atoms with Crippen molar-refractivity contribution in [3.05, 3.63) is 35.1 Å². The molecule has 0 saturated heterocycles. The number of thioether (sulfide) groups is 1. The number of amides is 1. The lowest BCUT2D eigenvalue weighted by molar-refractivity contribution is -0.113. The van der Waals surface area contributed by atoms with E-state index in [0.29, 0.717) is 10.0 Å². The van der Waals surface area contributed by atoms with Gasteiger partial charge >= 0.3 is 0 Å². The SMILES string of the molecule is CCc1nnc(NC(=O)CSc2ccccc2F)s1. The third-order valence-electron chi connectivity index (χ3n) is 2.21. The quantitative estimate of drug-likeness (QED) is 0.862. The predicted octanol–water partition coefficient (Wildman–Crippen LogP) is 2.97. The van der Waals surface area contributed by atoms with Gasteiger partial charge in [-0.15, -0.1) is 22.0 Å². The second-order valence-corrected chi connectivity index (χ2v) is 5.70. The summed E-state index contributed by atoms with van der Waals surface area (Å²) in [6.45, 7) is 1.97. The number of hydrogen-bond donors (Lipinski definition) is 1. The lowest BCUT2D eigenvalue weighted by Gasteiger charge is -2.02. The molecule has 2 aromatic rings. The Morgan fingerprint density at radius 3 is 2.89 bits per heavy atom. The highest BCUT2D eigenvalue weighted by Crippen LogP contribution is 2.22. The van der Waals surface area contributed by atoms with E-state index in [2.05, 4.69) is 15.5 Å². The molecular weight excluding hydrogens is 285 g/mol. The van der Waals surface area contributed by atoms with Crippen LogP contribution in [0.2, 0.25) is 0 Å². The van der Waals surface area contributed by atoms with E-state index in [1.165, 1.54) is 17.4 Å². The Kier molecular flexibility index (Phi) is 4.86. The van der Waals surface area contributed by atoms with E-state index in [1.807, 2.05) is 6.92 Å². The number of halogens is 1. The number of aromatic nitrogens is 2. The van der Waals surface area contributed by atoms with Crippen LogP contribution in [0.5, 0.6) is 0 Å². The molecule has 1 amide bonds. The van der Waals surface area contributed by atoms with Crippen molar-refractivity contribution in [1.29, 1.82) is 0 Å². The monoisotopic (exact) mass is 297 g/mol. The Hall–Kier alpha value is -1.47. The Labute approximate surface area is 118 Å². The summed E-state index contributed by atoms with van der Waals surface area (Å²) in [5, 5.41) is 11.8. The van der Waals surface area contributed by atoms with Gasteiger partial charge in [-0.05, 0) is 18.6 Å². The van der Waals surface area contributed by atoms with Crippen LogP contribution < -0.4 is 5.32 Å². The summed E-state index contributed by atoms with van der Waals surface area (Å²) in [7, 11) is 0. The van der Waals surface area contributed by atoms with Crippen molar-refractivity contribution in [2.45, 2.75) is 18.2 Å². The largest absolute Gasteiger partial charge is 0.300 e. The van der Waals surface area contributed by atoms with Gasteiger partial charge in [-0.3, -0.25) is 10.1 Å². The molecule has 0 fully saturated rings. The lowest BCUT2D eigenvalue weighted by Crippen LogP contribution is -2.13. The van der Waals surface area contributed by atoms with Crippen LogP contribution >= 0.6 is 23.1 Å². The smallest absolute Gasteiger partial charge is 0.236 e. The van der Waals surface area contributed by atoms with Crippen molar-refractivity contribution in [1.82, 2.24) is 10.2 Å². The van der Waals surface area contributed by atoms with Crippen LogP contribution in [0.3, 0.4) is 0 Å². The van der Waals surface area contributed by atoms with Crippen LogP contribution in [0.1, 0.15) is 11.9 Å². The molecule has 0 aliphatic rings. The van der Waals surface area contributed by atoms with Gasteiger partial charge in [-0.1, -0.05) is 30.4 Å². The molecule has 0 radical (unpaired) electrons. The van der Waals surface area contributed by atoms with Crippen molar-refractivity contribution in [3.63, 3.8) is 0 Å². The summed E-state index contributed by atoms with van der Waals surface area (Å²) in [5.41, 5.74) is 0. The molecule has 1 aromatic carbocycles. The molecular formula is C12H12FN3OS2. The van der Waals surface area contributed by atoms with Crippen LogP contribution in [0.25, 0.3) is 0 Å². The number of rotatable bonds is 5. The highest BCUT2D eigenvalue weighted by molar-refractivity contribution is 8.00. The molecule has 0 bridgehead atoms. The molecule has 1 aromatic heterocycles. The van der Waals surface area contributed by atoms with Crippen molar-refractivity contribution in [3.8, 4) is 0 Å². The zero-order chi connectivity index (χ0) is 13.7. The molecule has 1 N–H and O–H groups in total.